The normalized spacial score (nSPS) is 16.1. The Kier molecular flexibility index (Phi) is 12.6. The Bertz CT molecular complexity index is 867. The number of allylic oxidation sites excluding steroid dienone is 3. The van der Waals surface area contributed by atoms with Crippen LogP contribution >= 0.6 is 11.6 Å². The number of methoxy groups -OCH3 is 2. The molecule has 0 aliphatic carbocycles. The number of hydrogen-bond donors (Lipinski definition) is 1. The van der Waals surface area contributed by atoms with Crippen LogP contribution in [-0.4, -0.2) is 72.9 Å². The van der Waals surface area contributed by atoms with E-state index in [1.165, 1.54) is 20.3 Å². The average molecular weight is 500 g/mol. The number of halogens is 1. The number of aliphatic hydroxyl groups is 1. The van der Waals surface area contributed by atoms with Gasteiger partial charge in [0, 0.05) is 45.2 Å². The van der Waals surface area contributed by atoms with Crippen molar-refractivity contribution in [2.24, 2.45) is 0 Å². The summed E-state index contributed by atoms with van der Waals surface area (Å²) in [7, 11) is 2.79. The van der Waals surface area contributed by atoms with Crippen molar-refractivity contribution in [1.29, 1.82) is 0 Å². The first-order chi connectivity index (χ1) is 16.2. The number of rotatable bonds is 10. The van der Waals surface area contributed by atoms with Gasteiger partial charge in [0.05, 0.1) is 30.9 Å². The van der Waals surface area contributed by atoms with Crippen LogP contribution in [0, 0.1) is 10.1 Å². The van der Waals surface area contributed by atoms with Gasteiger partial charge in [-0.3, -0.25) is 15.0 Å². The molecule has 1 aliphatic heterocycles. The van der Waals surface area contributed by atoms with E-state index >= 15 is 0 Å². The molecule has 1 atom stereocenters. The third-order valence-corrected chi connectivity index (χ3v) is 5.69. The molecule has 0 radical (unpaired) electrons. The molecular formula is C24H38ClN3O6. The molecule has 9 nitrogen and oxygen atoms in total. The molecule has 1 aliphatic rings. The Balaban J connectivity index is 0.00000281. The molecule has 34 heavy (non-hydrogen) atoms. The fraction of sp³-hybridized carbons (Fsp3) is 0.583. The average Bonchev–Trinajstić information content (AvgIpc) is 2.85. The quantitative estimate of drug-likeness (QED) is 0.199. The monoisotopic (exact) mass is 499 g/mol. The lowest BCUT2D eigenvalue weighted by Gasteiger charge is -2.38. The van der Waals surface area contributed by atoms with Gasteiger partial charge in [-0.2, -0.15) is 0 Å². The van der Waals surface area contributed by atoms with Gasteiger partial charge in [-0.1, -0.05) is 38.4 Å². The van der Waals surface area contributed by atoms with E-state index in [0.29, 0.717) is 23.7 Å². The van der Waals surface area contributed by atoms with E-state index in [-0.39, 0.29) is 29.0 Å². The maximum atomic E-state index is 11.4. The smallest absolute Gasteiger partial charge is 0.318 e. The SMILES string of the molecule is C/C=C(\C(Cl)=C(\O)CC)N1CCN(CC(C)Oc2cc(OC)c(OC)c([N+](=O)[O-])c2)CC1.CC. The number of aliphatic hydroxyl groups excluding tert-OH is 1. The number of piperazine rings is 1. The van der Waals surface area contributed by atoms with Crippen LogP contribution in [0.3, 0.4) is 0 Å². The standard InChI is InChI=1S/C22H32ClN3O6.C2H6/c1-6-17(21(23)19(27)7-2)25-10-8-24(9-11-25)14-15(3)32-16-12-18(26(28)29)22(31-5)20(13-16)30-4;1-2/h6,12-13,15,27H,7-11,14H2,1-5H3;1-2H3/b17-6+,21-19-;. The molecule has 0 spiro atoms. The molecule has 1 aromatic rings. The predicted octanol–water partition coefficient (Wildman–Crippen LogP) is 5.35. The summed E-state index contributed by atoms with van der Waals surface area (Å²) < 4.78 is 16.3. The minimum Gasteiger partial charge on any atom is -0.511 e. The number of nitro groups is 1. The third-order valence-electron chi connectivity index (χ3n) is 5.28. The van der Waals surface area contributed by atoms with Gasteiger partial charge in [-0.15, -0.1) is 0 Å². The summed E-state index contributed by atoms with van der Waals surface area (Å²) in [6.45, 7) is 13.5. The first kappa shape index (κ1) is 29.4. The lowest BCUT2D eigenvalue weighted by molar-refractivity contribution is -0.385. The highest BCUT2D eigenvalue weighted by molar-refractivity contribution is 6.32. The molecule has 0 amide bonds. The van der Waals surface area contributed by atoms with Crippen LogP contribution in [0.1, 0.15) is 41.0 Å². The van der Waals surface area contributed by atoms with Gasteiger partial charge in [0.1, 0.15) is 22.6 Å². The van der Waals surface area contributed by atoms with E-state index in [1.54, 1.807) is 6.07 Å². The molecule has 1 heterocycles. The summed E-state index contributed by atoms with van der Waals surface area (Å²) in [4.78, 5) is 15.3. The Hall–Kier alpha value is -2.65. The van der Waals surface area contributed by atoms with Crippen LogP contribution in [0.25, 0.3) is 0 Å². The van der Waals surface area contributed by atoms with Gasteiger partial charge < -0.3 is 24.2 Å². The molecule has 1 N–H and O–H groups in total. The molecule has 10 heteroatoms. The summed E-state index contributed by atoms with van der Waals surface area (Å²) in [6.07, 6.45) is 2.20. The van der Waals surface area contributed by atoms with Crippen LogP contribution < -0.4 is 14.2 Å². The fourth-order valence-electron chi connectivity index (χ4n) is 3.68. The highest BCUT2D eigenvalue weighted by Crippen LogP contribution is 2.40. The molecule has 192 valence electrons. The molecule has 1 saturated heterocycles. The van der Waals surface area contributed by atoms with Crippen molar-refractivity contribution in [3.8, 4) is 17.2 Å². The van der Waals surface area contributed by atoms with E-state index in [4.69, 9.17) is 25.8 Å². The second-order valence-corrected chi connectivity index (χ2v) is 7.82. The number of ether oxygens (including phenoxy) is 3. The zero-order valence-corrected chi connectivity index (χ0v) is 22.0. The maximum absolute atomic E-state index is 11.4. The summed E-state index contributed by atoms with van der Waals surface area (Å²) in [5.74, 6) is 0.851. The van der Waals surface area contributed by atoms with Crippen LogP contribution in [0.5, 0.6) is 17.2 Å². The molecule has 2 rings (SSSR count). The summed E-state index contributed by atoms with van der Waals surface area (Å²) in [6, 6.07) is 2.94. The van der Waals surface area contributed by atoms with E-state index in [0.717, 1.165) is 31.9 Å². The maximum Gasteiger partial charge on any atom is 0.318 e. The van der Waals surface area contributed by atoms with Crippen LogP contribution in [0.4, 0.5) is 5.69 Å². The van der Waals surface area contributed by atoms with Crippen molar-refractivity contribution >= 4 is 17.3 Å². The lowest BCUT2D eigenvalue weighted by atomic mass is 10.2. The largest absolute Gasteiger partial charge is 0.511 e. The van der Waals surface area contributed by atoms with Gasteiger partial charge in [0.25, 0.3) is 0 Å². The van der Waals surface area contributed by atoms with E-state index in [2.05, 4.69) is 9.80 Å². The van der Waals surface area contributed by atoms with Gasteiger partial charge >= 0.3 is 5.69 Å². The molecule has 0 bridgehead atoms. The number of nitrogens with zero attached hydrogens (tertiary/aromatic N) is 3. The first-order valence-electron chi connectivity index (χ1n) is 11.5. The topological polar surface area (TPSA) is 97.5 Å². The Morgan fingerprint density at radius 2 is 1.85 bits per heavy atom. The Morgan fingerprint density at radius 1 is 1.24 bits per heavy atom. The van der Waals surface area contributed by atoms with E-state index < -0.39 is 4.92 Å². The fourth-order valence-corrected chi connectivity index (χ4v) is 4.04. The van der Waals surface area contributed by atoms with Crippen molar-refractivity contribution in [1.82, 2.24) is 9.80 Å². The lowest BCUT2D eigenvalue weighted by Crippen LogP contribution is -2.48. The van der Waals surface area contributed by atoms with Crippen molar-refractivity contribution in [3.63, 3.8) is 0 Å². The van der Waals surface area contributed by atoms with Crippen molar-refractivity contribution in [2.75, 3.05) is 46.9 Å². The molecule has 1 unspecified atom stereocenters. The summed E-state index contributed by atoms with van der Waals surface area (Å²) >= 11 is 6.34. The zero-order chi connectivity index (χ0) is 25.8. The molecule has 1 aromatic carbocycles. The zero-order valence-electron chi connectivity index (χ0n) is 21.3. The summed E-state index contributed by atoms with van der Waals surface area (Å²) in [5.41, 5.74) is 0.634. The molecule has 1 fully saturated rings. The highest BCUT2D eigenvalue weighted by atomic mass is 35.5. The second-order valence-electron chi connectivity index (χ2n) is 7.44. The van der Waals surface area contributed by atoms with Gasteiger partial charge in [-0.25, -0.2) is 0 Å². The van der Waals surface area contributed by atoms with Gasteiger partial charge in [0.15, 0.2) is 5.75 Å². The van der Waals surface area contributed by atoms with Crippen molar-refractivity contribution in [2.45, 2.75) is 47.1 Å². The number of nitro benzene ring substituents is 1. The summed E-state index contributed by atoms with van der Waals surface area (Å²) in [5, 5.41) is 21.8. The van der Waals surface area contributed by atoms with Gasteiger partial charge in [-0.05, 0) is 13.8 Å². The molecular weight excluding hydrogens is 462 g/mol. The second kappa shape index (κ2) is 14.6. The minimum absolute atomic E-state index is 0.0650. The van der Waals surface area contributed by atoms with Crippen LogP contribution in [-0.2, 0) is 0 Å². The van der Waals surface area contributed by atoms with Crippen LogP contribution in [0.2, 0.25) is 0 Å². The number of hydrogen-bond acceptors (Lipinski definition) is 8. The van der Waals surface area contributed by atoms with Crippen molar-refractivity contribution in [3.05, 3.63) is 44.8 Å². The van der Waals surface area contributed by atoms with E-state index in [1.807, 2.05) is 40.7 Å². The van der Waals surface area contributed by atoms with Gasteiger partial charge in [0.2, 0.25) is 5.75 Å². The molecule has 0 aromatic heterocycles. The Labute approximate surface area is 207 Å². The minimum atomic E-state index is -0.521. The molecule has 0 saturated carbocycles. The number of benzene rings is 1. The predicted molar refractivity (Wildman–Crippen MR) is 135 cm³/mol. The van der Waals surface area contributed by atoms with Crippen molar-refractivity contribution < 1.29 is 24.2 Å². The van der Waals surface area contributed by atoms with E-state index in [9.17, 15) is 15.2 Å². The highest BCUT2D eigenvalue weighted by Gasteiger charge is 2.25. The van der Waals surface area contributed by atoms with Crippen LogP contribution in [0.15, 0.2) is 34.7 Å². The first-order valence-corrected chi connectivity index (χ1v) is 11.9. The Morgan fingerprint density at radius 3 is 2.32 bits per heavy atom. The third kappa shape index (κ3) is 7.70.